The van der Waals surface area contributed by atoms with E-state index in [1.165, 1.54) is 10.4 Å². The third-order valence-corrected chi connectivity index (χ3v) is 12.0. The van der Waals surface area contributed by atoms with Crippen molar-refractivity contribution in [2.24, 2.45) is 0 Å². The van der Waals surface area contributed by atoms with E-state index in [0.29, 0.717) is 6.61 Å². The normalized spacial score (nSPS) is 26.5. The molecule has 1 aromatic heterocycles. The molecule has 0 unspecified atom stereocenters. The summed E-state index contributed by atoms with van der Waals surface area (Å²) >= 11 is 0. The highest BCUT2D eigenvalue weighted by molar-refractivity contribution is 6.99. The Morgan fingerprint density at radius 1 is 0.853 bits per heavy atom. The van der Waals surface area contributed by atoms with Crippen molar-refractivity contribution in [2.45, 2.75) is 69.9 Å². The highest BCUT2D eigenvalue weighted by atomic mass is 28.4. The molecule has 2 fully saturated rings. The zero-order valence-corrected chi connectivity index (χ0v) is 21.7. The van der Waals surface area contributed by atoms with Crippen LogP contribution in [0.1, 0.15) is 46.4 Å². The van der Waals surface area contributed by atoms with Gasteiger partial charge in [-0.05, 0) is 41.4 Å². The molecule has 0 spiro atoms. The van der Waals surface area contributed by atoms with Gasteiger partial charge in [-0.15, -0.1) is 0 Å². The number of hydrogen-bond donors (Lipinski definition) is 1. The molecule has 0 saturated carbocycles. The summed E-state index contributed by atoms with van der Waals surface area (Å²) in [7, 11) is -2.67. The standard InChI is InChI=1S/C28H35NO4Si/c1-27(2,3)34(20-13-8-6-9-14-20,21-15-10-7-11-16-21)30-19-23-25-26(33-28(4,5)32-25)24(31-23)22-17-12-18-29-22/h6-18,23-26,29H,19H2,1-5H3/t23-,24-,25-,26+/m1/s1. The molecular formula is C28H35NO4Si. The van der Waals surface area contributed by atoms with E-state index in [4.69, 9.17) is 18.6 Å². The molecule has 2 aromatic carbocycles. The average Bonchev–Trinajstić information content (AvgIpc) is 3.51. The van der Waals surface area contributed by atoms with Crippen LogP contribution in [0.15, 0.2) is 79.0 Å². The van der Waals surface area contributed by atoms with Gasteiger partial charge in [-0.2, -0.15) is 0 Å². The molecule has 6 heteroatoms. The Balaban J connectivity index is 1.50. The molecule has 5 nitrogen and oxygen atoms in total. The van der Waals surface area contributed by atoms with Gasteiger partial charge in [0.2, 0.25) is 0 Å². The van der Waals surface area contributed by atoms with Crippen molar-refractivity contribution in [1.82, 2.24) is 4.98 Å². The zero-order valence-electron chi connectivity index (χ0n) is 20.7. The summed E-state index contributed by atoms with van der Waals surface area (Å²) in [4.78, 5) is 3.30. The SMILES string of the molecule is CC1(C)O[C@@H]2[C@H](O1)[C@@H](CO[Si](c1ccccc1)(c1ccccc1)C(C)(C)C)O[C@@H]2c1ccc[nH]1. The summed E-state index contributed by atoms with van der Waals surface area (Å²) in [6.45, 7) is 11.2. The fourth-order valence-electron chi connectivity index (χ4n) is 5.56. The van der Waals surface area contributed by atoms with Gasteiger partial charge >= 0.3 is 0 Å². The Bertz CT molecular complexity index is 1040. The molecule has 0 aliphatic carbocycles. The minimum Gasteiger partial charge on any atom is -0.405 e. The lowest BCUT2D eigenvalue weighted by Gasteiger charge is -2.43. The Morgan fingerprint density at radius 2 is 1.44 bits per heavy atom. The number of aromatic amines is 1. The number of rotatable bonds is 6. The molecule has 3 aromatic rings. The average molecular weight is 478 g/mol. The molecule has 0 bridgehead atoms. The van der Waals surface area contributed by atoms with Gasteiger partial charge in [0.15, 0.2) is 5.79 Å². The van der Waals surface area contributed by atoms with Gasteiger partial charge in [0.25, 0.3) is 8.32 Å². The van der Waals surface area contributed by atoms with Gasteiger partial charge in [0.1, 0.15) is 24.4 Å². The van der Waals surface area contributed by atoms with Crippen LogP contribution in [-0.4, -0.2) is 44.0 Å². The van der Waals surface area contributed by atoms with Crippen LogP contribution in [0, 0.1) is 0 Å². The molecule has 1 N–H and O–H groups in total. The smallest absolute Gasteiger partial charge is 0.261 e. The van der Waals surface area contributed by atoms with Gasteiger partial charge in [-0.25, -0.2) is 0 Å². The van der Waals surface area contributed by atoms with Crippen molar-refractivity contribution in [2.75, 3.05) is 6.61 Å². The lowest BCUT2D eigenvalue weighted by molar-refractivity contribution is -0.190. The number of nitrogens with one attached hydrogen (secondary N) is 1. The van der Waals surface area contributed by atoms with E-state index >= 15 is 0 Å². The summed E-state index contributed by atoms with van der Waals surface area (Å²) < 4.78 is 26.4. The third-order valence-electron chi connectivity index (χ3n) is 6.96. The molecule has 0 radical (unpaired) electrons. The van der Waals surface area contributed by atoms with Crippen molar-refractivity contribution in [3.8, 4) is 0 Å². The third kappa shape index (κ3) is 4.08. The number of ether oxygens (including phenoxy) is 3. The molecule has 2 aliphatic rings. The maximum atomic E-state index is 7.16. The van der Waals surface area contributed by atoms with Crippen LogP contribution >= 0.6 is 0 Å². The largest absolute Gasteiger partial charge is 0.405 e. The fraction of sp³-hybridized carbons (Fsp3) is 0.429. The van der Waals surface area contributed by atoms with Crippen LogP contribution in [-0.2, 0) is 18.6 Å². The minimum absolute atomic E-state index is 0.0983. The monoisotopic (exact) mass is 477 g/mol. The summed E-state index contributed by atoms with van der Waals surface area (Å²) in [5, 5.41) is 2.42. The number of hydrogen-bond acceptors (Lipinski definition) is 4. The van der Waals surface area contributed by atoms with E-state index < -0.39 is 14.1 Å². The Labute approximate surface area is 203 Å². The van der Waals surface area contributed by atoms with Crippen LogP contribution < -0.4 is 10.4 Å². The zero-order chi connectivity index (χ0) is 24.0. The van der Waals surface area contributed by atoms with Gasteiger partial charge < -0.3 is 23.6 Å². The molecule has 2 aliphatic heterocycles. The van der Waals surface area contributed by atoms with E-state index in [0.717, 1.165) is 5.69 Å². The molecule has 34 heavy (non-hydrogen) atoms. The molecule has 2 saturated heterocycles. The predicted octanol–water partition coefficient (Wildman–Crippen LogP) is 4.55. The predicted molar refractivity (Wildman–Crippen MR) is 136 cm³/mol. The Kier molecular flexibility index (Phi) is 6.07. The molecule has 180 valence electrons. The van der Waals surface area contributed by atoms with Crippen LogP contribution in [0.2, 0.25) is 5.04 Å². The molecule has 3 heterocycles. The molecular weight excluding hydrogens is 442 g/mol. The van der Waals surface area contributed by atoms with Gasteiger partial charge in [-0.3, -0.25) is 0 Å². The van der Waals surface area contributed by atoms with E-state index in [1.807, 2.05) is 32.2 Å². The second-order valence-electron chi connectivity index (χ2n) is 10.8. The van der Waals surface area contributed by atoms with Crippen LogP contribution in [0.3, 0.4) is 0 Å². The number of benzene rings is 2. The first-order valence-electron chi connectivity index (χ1n) is 12.1. The van der Waals surface area contributed by atoms with Crippen molar-refractivity contribution in [3.63, 3.8) is 0 Å². The van der Waals surface area contributed by atoms with E-state index in [2.05, 4.69) is 86.4 Å². The Morgan fingerprint density at radius 3 is 1.97 bits per heavy atom. The van der Waals surface area contributed by atoms with Crippen LogP contribution in [0.4, 0.5) is 0 Å². The van der Waals surface area contributed by atoms with Crippen LogP contribution in [0.5, 0.6) is 0 Å². The maximum absolute atomic E-state index is 7.16. The van der Waals surface area contributed by atoms with E-state index in [1.54, 1.807) is 0 Å². The lowest BCUT2D eigenvalue weighted by atomic mass is 10.1. The summed E-state index contributed by atoms with van der Waals surface area (Å²) in [5.74, 6) is -0.653. The van der Waals surface area contributed by atoms with E-state index in [-0.39, 0.29) is 29.5 Å². The molecule has 4 atom stereocenters. The summed E-state index contributed by atoms with van der Waals surface area (Å²) in [6, 6.07) is 25.4. The minimum atomic E-state index is -2.67. The van der Waals surface area contributed by atoms with Gasteiger partial charge in [0, 0.05) is 11.9 Å². The van der Waals surface area contributed by atoms with Crippen molar-refractivity contribution in [3.05, 3.63) is 84.7 Å². The van der Waals surface area contributed by atoms with Crippen molar-refractivity contribution >= 4 is 18.7 Å². The second-order valence-corrected chi connectivity index (χ2v) is 15.1. The summed E-state index contributed by atoms with van der Waals surface area (Å²) in [5.41, 5.74) is 1.00. The Hall–Kier alpha value is -2.22. The first kappa shape index (κ1) is 23.5. The van der Waals surface area contributed by atoms with Crippen LogP contribution in [0.25, 0.3) is 0 Å². The molecule has 0 amide bonds. The maximum Gasteiger partial charge on any atom is 0.261 e. The topological polar surface area (TPSA) is 52.7 Å². The highest BCUT2D eigenvalue weighted by Gasteiger charge is 2.57. The van der Waals surface area contributed by atoms with Gasteiger partial charge in [0.05, 0.1) is 6.61 Å². The van der Waals surface area contributed by atoms with Crippen molar-refractivity contribution in [1.29, 1.82) is 0 Å². The molecule has 5 rings (SSSR count). The van der Waals surface area contributed by atoms with Gasteiger partial charge in [-0.1, -0.05) is 81.4 Å². The number of H-pyrrole nitrogens is 1. The lowest BCUT2D eigenvalue weighted by Crippen LogP contribution is -2.67. The fourth-order valence-corrected chi connectivity index (χ4v) is 10.1. The summed E-state index contributed by atoms with van der Waals surface area (Å²) in [6.07, 6.45) is 1.10. The van der Waals surface area contributed by atoms with E-state index in [9.17, 15) is 0 Å². The first-order chi connectivity index (χ1) is 16.2. The highest BCUT2D eigenvalue weighted by Crippen LogP contribution is 2.45. The number of fused-ring (bicyclic) bond motifs is 1. The quantitative estimate of drug-likeness (QED) is 0.529. The first-order valence-corrected chi connectivity index (χ1v) is 14.0. The van der Waals surface area contributed by atoms with Crippen molar-refractivity contribution < 1.29 is 18.6 Å². The number of aromatic nitrogens is 1. The second kappa shape index (κ2) is 8.77.